The summed E-state index contributed by atoms with van der Waals surface area (Å²) in [5.74, 6) is 1.81. The van der Waals surface area contributed by atoms with Gasteiger partial charge in [-0.3, -0.25) is 0 Å². The molecule has 0 N–H and O–H groups in total. The van der Waals surface area contributed by atoms with Crippen molar-refractivity contribution >= 4 is 21.5 Å². The van der Waals surface area contributed by atoms with Crippen LogP contribution in [0.2, 0.25) is 0 Å². The Labute approximate surface area is 343 Å². The fraction of sp³-hybridized carbons (Fsp3) is 0.0345. The van der Waals surface area contributed by atoms with Crippen LogP contribution in [-0.4, -0.2) is 0 Å². The Morgan fingerprint density at radius 2 is 0.763 bits per heavy atom. The van der Waals surface area contributed by atoms with Crippen molar-refractivity contribution in [2.45, 2.75) is 10.8 Å². The Kier molecular flexibility index (Phi) is 6.64. The van der Waals surface area contributed by atoms with E-state index >= 15 is 0 Å². The van der Waals surface area contributed by atoms with Gasteiger partial charge in [0, 0.05) is 11.1 Å². The second kappa shape index (κ2) is 12.0. The van der Waals surface area contributed by atoms with Crippen molar-refractivity contribution in [1.29, 1.82) is 0 Å². The van der Waals surface area contributed by atoms with Crippen LogP contribution < -0.4 is 4.74 Å². The summed E-state index contributed by atoms with van der Waals surface area (Å²) in [4.78, 5) is 0. The van der Waals surface area contributed by atoms with E-state index in [1.165, 1.54) is 93.9 Å². The molecule has 0 radical (unpaired) electrons. The van der Waals surface area contributed by atoms with Crippen molar-refractivity contribution in [3.05, 3.63) is 263 Å². The van der Waals surface area contributed by atoms with Crippen LogP contribution in [0, 0.1) is 0 Å². The van der Waals surface area contributed by atoms with Crippen LogP contribution in [0.5, 0.6) is 11.5 Å². The minimum absolute atomic E-state index is 0.538. The molecule has 0 fully saturated rings. The predicted molar refractivity (Wildman–Crippen MR) is 242 cm³/mol. The van der Waals surface area contributed by atoms with Crippen LogP contribution in [0.25, 0.3) is 54.9 Å². The van der Waals surface area contributed by atoms with Crippen molar-refractivity contribution < 1.29 is 4.74 Å². The monoisotopic (exact) mass is 748 g/mol. The standard InChI is InChI=1S/C58H36O/c1-3-17-41(18-4-1)57(42-19-5-2-6-20-42)51-35-39(28-31-47(51)48-32-27-37-15-7-9-21-43(37)55(48)57)40-30-33-53-52(36-40)58(56-44-22-10-8-16-38(44)29-34-54(56)59-53)49-25-13-11-23-45(49)46-24-12-14-26-50(46)58/h1-36H. The molecule has 59 heavy (non-hydrogen) atoms. The summed E-state index contributed by atoms with van der Waals surface area (Å²) < 4.78 is 7.00. The molecule has 3 aliphatic rings. The van der Waals surface area contributed by atoms with E-state index in [-0.39, 0.29) is 0 Å². The van der Waals surface area contributed by atoms with Crippen molar-refractivity contribution in [2.75, 3.05) is 0 Å². The molecule has 0 saturated heterocycles. The quantitative estimate of drug-likeness (QED) is 0.175. The SMILES string of the molecule is c1ccc(C2(c3ccccc3)c3cc(-c4ccc5c(c4)C4(c6ccccc6-c6ccccc64)c4c(ccc6ccccc46)O5)ccc3-c3ccc4ccccc4c32)cc1. The van der Waals surface area contributed by atoms with Crippen LogP contribution in [0.1, 0.15) is 44.5 Å². The van der Waals surface area contributed by atoms with Crippen LogP contribution >= 0.6 is 0 Å². The first kappa shape index (κ1) is 32.6. The molecular weight excluding hydrogens is 713 g/mol. The van der Waals surface area contributed by atoms with E-state index in [0.29, 0.717) is 0 Å². The molecule has 10 aromatic carbocycles. The molecule has 1 nitrogen and oxygen atoms in total. The lowest BCUT2D eigenvalue weighted by Gasteiger charge is -2.40. The highest BCUT2D eigenvalue weighted by Gasteiger charge is 2.52. The smallest absolute Gasteiger partial charge is 0.132 e. The van der Waals surface area contributed by atoms with Gasteiger partial charge in [0.15, 0.2) is 0 Å². The van der Waals surface area contributed by atoms with Crippen molar-refractivity contribution in [3.63, 3.8) is 0 Å². The normalized spacial score (nSPS) is 14.5. The number of rotatable bonds is 3. The lowest BCUT2D eigenvalue weighted by molar-refractivity contribution is 0.438. The third-order valence-electron chi connectivity index (χ3n) is 13.6. The van der Waals surface area contributed by atoms with Crippen molar-refractivity contribution in [1.82, 2.24) is 0 Å². The van der Waals surface area contributed by atoms with E-state index < -0.39 is 10.8 Å². The molecule has 13 rings (SSSR count). The fourth-order valence-electron chi connectivity index (χ4n) is 11.3. The number of hydrogen-bond acceptors (Lipinski definition) is 1. The van der Waals surface area contributed by atoms with Gasteiger partial charge in [-0.1, -0.05) is 194 Å². The Morgan fingerprint density at radius 3 is 1.42 bits per heavy atom. The van der Waals surface area contributed by atoms with E-state index in [0.717, 1.165) is 17.1 Å². The summed E-state index contributed by atoms with van der Waals surface area (Å²) in [5.41, 5.74) is 16.5. The summed E-state index contributed by atoms with van der Waals surface area (Å²) in [6.07, 6.45) is 0. The second-order valence-corrected chi connectivity index (χ2v) is 16.3. The van der Waals surface area contributed by atoms with Crippen LogP contribution in [0.3, 0.4) is 0 Å². The summed E-state index contributed by atoms with van der Waals surface area (Å²) in [7, 11) is 0. The molecule has 10 aromatic rings. The molecule has 0 aromatic heterocycles. The summed E-state index contributed by atoms with van der Waals surface area (Å²) in [6.45, 7) is 0. The van der Waals surface area contributed by atoms with Gasteiger partial charge in [-0.05, 0) is 113 Å². The van der Waals surface area contributed by atoms with Crippen molar-refractivity contribution in [2.24, 2.45) is 0 Å². The summed E-state index contributed by atoms with van der Waals surface area (Å²) >= 11 is 0. The molecule has 0 unspecified atom stereocenters. The van der Waals surface area contributed by atoms with Gasteiger partial charge in [0.1, 0.15) is 11.5 Å². The molecule has 1 heteroatoms. The maximum Gasteiger partial charge on any atom is 0.132 e. The van der Waals surface area contributed by atoms with E-state index in [1.807, 2.05) is 0 Å². The zero-order valence-electron chi connectivity index (χ0n) is 32.2. The second-order valence-electron chi connectivity index (χ2n) is 16.3. The molecule has 2 aliphatic carbocycles. The van der Waals surface area contributed by atoms with Gasteiger partial charge in [-0.15, -0.1) is 0 Å². The number of ether oxygens (including phenoxy) is 1. The summed E-state index contributed by atoms with van der Waals surface area (Å²) in [5, 5.41) is 4.96. The highest BCUT2D eigenvalue weighted by molar-refractivity contribution is 6.01. The predicted octanol–water partition coefficient (Wildman–Crippen LogP) is 14.5. The van der Waals surface area contributed by atoms with Gasteiger partial charge in [0.05, 0.1) is 10.8 Å². The maximum atomic E-state index is 7.00. The first-order valence-electron chi connectivity index (χ1n) is 20.6. The largest absolute Gasteiger partial charge is 0.457 e. The minimum atomic E-state index is -0.587. The Morgan fingerprint density at radius 1 is 0.288 bits per heavy atom. The molecule has 1 heterocycles. The van der Waals surface area contributed by atoms with Gasteiger partial charge in [0.25, 0.3) is 0 Å². The van der Waals surface area contributed by atoms with Gasteiger partial charge >= 0.3 is 0 Å². The Balaban J connectivity index is 1.11. The third kappa shape index (κ3) is 4.19. The topological polar surface area (TPSA) is 9.23 Å². The third-order valence-corrected chi connectivity index (χ3v) is 13.6. The van der Waals surface area contributed by atoms with E-state index in [2.05, 4.69) is 218 Å². The molecular formula is C58H36O. The Hall–Kier alpha value is -7.48. The van der Waals surface area contributed by atoms with Gasteiger partial charge in [0.2, 0.25) is 0 Å². The minimum Gasteiger partial charge on any atom is -0.457 e. The molecule has 1 aliphatic heterocycles. The molecule has 0 saturated carbocycles. The molecule has 1 spiro atoms. The lowest BCUT2D eigenvalue weighted by Crippen LogP contribution is -2.32. The van der Waals surface area contributed by atoms with E-state index in [4.69, 9.17) is 4.74 Å². The highest BCUT2D eigenvalue weighted by atomic mass is 16.5. The van der Waals surface area contributed by atoms with Gasteiger partial charge < -0.3 is 4.74 Å². The zero-order chi connectivity index (χ0) is 38.7. The average Bonchev–Trinajstić information content (AvgIpc) is 3.78. The molecule has 0 bridgehead atoms. The molecule has 0 atom stereocenters. The summed E-state index contributed by atoms with van der Waals surface area (Å²) in [6, 6.07) is 81.1. The molecule has 0 amide bonds. The van der Waals surface area contributed by atoms with E-state index in [9.17, 15) is 0 Å². The van der Waals surface area contributed by atoms with Crippen LogP contribution in [-0.2, 0) is 10.8 Å². The highest BCUT2D eigenvalue weighted by Crippen LogP contribution is 2.64. The van der Waals surface area contributed by atoms with Gasteiger partial charge in [-0.2, -0.15) is 0 Å². The Bertz CT molecular complexity index is 3270. The first-order valence-corrected chi connectivity index (χ1v) is 20.6. The van der Waals surface area contributed by atoms with Crippen LogP contribution in [0.15, 0.2) is 218 Å². The van der Waals surface area contributed by atoms with Crippen molar-refractivity contribution in [3.8, 4) is 44.9 Å². The number of benzene rings is 10. The zero-order valence-corrected chi connectivity index (χ0v) is 32.2. The average molecular weight is 749 g/mol. The number of fused-ring (bicyclic) bond motifs is 16. The first-order chi connectivity index (χ1) is 29.3. The van der Waals surface area contributed by atoms with Gasteiger partial charge in [-0.25, -0.2) is 0 Å². The lowest BCUT2D eigenvalue weighted by atomic mass is 9.64. The van der Waals surface area contributed by atoms with Crippen LogP contribution in [0.4, 0.5) is 0 Å². The number of hydrogen-bond donors (Lipinski definition) is 0. The molecule has 274 valence electrons. The fourth-order valence-corrected chi connectivity index (χ4v) is 11.3. The van der Waals surface area contributed by atoms with E-state index in [1.54, 1.807) is 0 Å². The maximum absolute atomic E-state index is 7.00.